The lowest BCUT2D eigenvalue weighted by Gasteiger charge is -2.33. The molecule has 0 bridgehead atoms. The third-order valence-corrected chi connectivity index (χ3v) is 5.54. The number of amides is 3. The molecule has 3 amide bonds. The standard InChI is InChI=1S/C20H26N2O3/c1-3-13(2)21-18(23)15-9-5-4-8-14(15)12-22-19(24)16-10-6-7-11-17(16)20(22)25/h6-7,10-11,13-15H,3-5,8-9,12H2,1-2H3,(H,21,23). The molecular weight excluding hydrogens is 316 g/mol. The first-order chi connectivity index (χ1) is 12.0. The summed E-state index contributed by atoms with van der Waals surface area (Å²) in [4.78, 5) is 39.1. The Hall–Kier alpha value is -2.17. The number of hydrogen-bond acceptors (Lipinski definition) is 3. The zero-order valence-corrected chi connectivity index (χ0v) is 15.0. The van der Waals surface area contributed by atoms with Crippen molar-refractivity contribution < 1.29 is 14.4 Å². The highest BCUT2D eigenvalue weighted by Crippen LogP contribution is 2.33. The predicted molar refractivity (Wildman–Crippen MR) is 95.2 cm³/mol. The summed E-state index contributed by atoms with van der Waals surface area (Å²) in [6.45, 7) is 4.38. The van der Waals surface area contributed by atoms with Crippen LogP contribution in [-0.2, 0) is 4.79 Å². The van der Waals surface area contributed by atoms with E-state index < -0.39 is 0 Å². The number of carbonyl (C=O) groups is 3. The molecule has 3 atom stereocenters. The third kappa shape index (κ3) is 3.46. The highest BCUT2D eigenvalue weighted by Gasteiger charge is 2.40. The number of carbonyl (C=O) groups excluding carboxylic acids is 3. The van der Waals surface area contributed by atoms with Gasteiger partial charge in [-0.05, 0) is 44.2 Å². The van der Waals surface area contributed by atoms with Crippen LogP contribution >= 0.6 is 0 Å². The summed E-state index contributed by atoms with van der Waals surface area (Å²) in [6, 6.07) is 7.09. The molecule has 5 nitrogen and oxygen atoms in total. The van der Waals surface area contributed by atoms with Crippen LogP contribution in [0.2, 0.25) is 0 Å². The quantitative estimate of drug-likeness (QED) is 0.837. The van der Waals surface area contributed by atoms with E-state index in [2.05, 4.69) is 5.32 Å². The van der Waals surface area contributed by atoms with E-state index in [0.717, 1.165) is 32.1 Å². The van der Waals surface area contributed by atoms with E-state index in [-0.39, 0.29) is 35.6 Å². The largest absolute Gasteiger partial charge is 0.353 e. The zero-order valence-electron chi connectivity index (χ0n) is 15.0. The van der Waals surface area contributed by atoms with Crippen LogP contribution in [0.3, 0.4) is 0 Å². The number of fused-ring (bicyclic) bond motifs is 1. The van der Waals surface area contributed by atoms with E-state index in [9.17, 15) is 14.4 Å². The van der Waals surface area contributed by atoms with Crippen LogP contribution in [0, 0.1) is 11.8 Å². The number of benzene rings is 1. The summed E-state index contributed by atoms with van der Waals surface area (Å²) in [7, 11) is 0. The Morgan fingerprint density at radius 1 is 1.16 bits per heavy atom. The molecule has 25 heavy (non-hydrogen) atoms. The fraction of sp³-hybridized carbons (Fsp3) is 0.550. The van der Waals surface area contributed by atoms with E-state index >= 15 is 0 Å². The van der Waals surface area contributed by atoms with Crippen molar-refractivity contribution in [2.24, 2.45) is 11.8 Å². The Balaban J connectivity index is 1.73. The number of nitrogens with one attached hydrogen (secondary N) is 1. The van der Waals surface area contributed by atoms with Crippen molar-refractivity contribution in [3.8, 4) is 0 Å². The molecular formula is C20H26N2O3. The van der Waals surface area contributed by atoms with Crippen molar-refractivity contribution in [2.45, 2.75) is 52.0 Å². The fourth-order valence-corrected chi connectivity index (χ4v) is 3.86. The molecule has 3 unspecified atom stereocenters. The second-order valence-corrected chi connectivity index (χ2v) is 7.24. The third-order valence-electron chi connectivity index (χ3n) is 5.54. The molecule has 0 aromatic heterocycles. The van der Waals surface area contributed by atoms with Gasteiger partial charge >= 0.3 is 0 Å². The maximum Gasteiger partial charge on any atom is 0.261 e. The van der Waals surface area contributed by atoms with E-state index in [1.807, 2.05) is 13.8 Å². The van der Waals surface area contributed by atoms with E-state index in [4.69, 9.17) is 0 Å². The number of nitrogens with zero attached hydrogens (tertiary/aromatic N) is 1. The molecule has 1 aliphatic carbocycles. The topological polar surface area (TPSA) is 66.5 Å². The molecule has 134 valence electrons. The van der Waals surface area contributed by atoms with Gasteiger partial charge in [-0.15, -0.1) is 0 Å². The van der Waals surface area contributed by atoms with Crippen molar-refractivity contribution in [2.75, 3.05) is 6.54 Å². The first-order valence-corrected chi connectivity index (χ1v) is 9.28. The lowest BCUT2D eigenvalue weighted by molar-refractivity contribution is -0.128. The average molecular weight is 342 g/mol. The van der Waals surface area contributed by atoms with Crippen molar-refractivity contribution in [1.29, 1.82) is 0 Å². The van der Waals surface area contributed by atoms with E-state index in [0.29, 0.717) is 17.7 Å². The minimum Gasteiger partial charge on any atom is -0.353 e. The van der Waals surface area contributed by atoms with Crippen LogP contribution in [0.5, 0.6) is 0 Å². The fourth-order valence-electron chi connectivity index (χ4n) is 3.86. The first kappa shape index (κ1) is 17.6. The lowest BCUT2D eigenvalue weighted by Crippen LogP contribution is -2.45. The monoisotopic (exact) mass is 342 g/mol. The molecule has 0 spiro atoms. The summed E-state index contributed by atoms with van der Waals surface area (Å²) < 4.78 is 0. The molecule has 1 N–H and O–H groups in total. The smallest absolute Gasteiger partial charge is 0.261 e. The molecule has 1 heterocycles. The maximum absolute atomic E-state index is 12.6. The summed E-state index contributed by atoms with van der Waals surface area (Å²) in [5, 5.41) is 3.07. The predicted octanol–water partition coefficient (Wildman–Crippen LogP) is 3.00. The van der Waals surface area contributed by atoms with E-state index in [1.54, 1.807) is 24.3 Å². The molecule has 1 aromatic carbocycles. The maximum atomic E-state index is 12.6. The van der Waals surface area contributed by atoms with Crippen LogP contribution in [-0.4, -0.2) is 35.2 Å². The van der Waals surface area contributed by atoms with Gasteiger partial charge in [0.05, 0.1) is 11.1 Å². The van der Waals surface area contributed by atoms with Crippen molar-refractivity contribution in [3.63, 3.8) is 0 Å². The normalized spacial score (nSPS) is 24.2. The van der Waals surface area contributed by atoms with Crippen LogP contribution < -0.4 is 5.32 Å². The van der Waals surface area contributed by atoms with Gasteiger partial charge in [0.1, 0.15) is 0 Å². The van der Waals surface area contributed by atoms with Gasteiger partial charge < -0.3 is 5.32 Å². The van der Waals surface area contributed by atoms with Gasteiger partial charge in [-0.2, -0.15) is 0 Å². The molecule has 1 saturated carbocycles. The molecule has 2 aliphatic rings. The van der Waals surface area contributed by atoms with Crippen LogP contribution in [0.25, 0.3) is 0 Å². The molecule has 1 aromatic rings. The van der Waals surface area contributed by atoms with Crippen molar-refractivity contribution in [3.05, 3.63) is 35.4 Å². The number of hydrogen-bond donors (Lipinski definition) is 1. The van der Waals surface area contributed by atoms with Gasteiger partial charge in [-0.3, -0.25) is 19.3 Å². The van der Waals surface area contributed by atoms with Gasteiger partial charge in [0.15, 0.2) is 0 Å². The number of rotatable bonds is 5. The Morgan fingerprint density at radius 3 is 2.36 bits per heavy atom. The Labute approximate surface area is 148 Å². The van der Waals surface area contributed by atoms with Gasteiger partial charge in [0.2, 0.25) is 5.91 Å². The summed E-state index contributed by atoms with van der Waals surface area (Å²) >= 11 is 0. The molecule has 1 fully saturated rings. The Morgan fingerprint density at radius 2 is 1.76 bits per heavy atom. The SMILES string of the molecule is CCC(C)NC(=O)C1CCCCC1CN1C(=O)c2ccccc2C1=O. The van der Waals surface area contributed by atoms with Gasteiger partial charge in [0.25, 0.3) is 11.8 Å². The molecule has 3 rings (SSSR count). The van der Waals surface area contributed by atoms with Crippen LogP contribution in [0.4, 0.5) is 0 Å². The summed E-state index contributed by atoms with van der Waals surface area (Å²) in [6.07, 6.45) is 4.67. The van der Waals surface area contributed by atoms with Gasteiger partial charge in [-0.1, -0.05) is 31.9 Å². The molecule has 5 heteroatoms. The second kappa shape index (κ2) is 7.38. The van der Waals surface area contributed by atoms with Crippen LogP contribution in [0.1, 0.15) is 66.7 Å². The zero-order chi connectivity index (χ0) is 18.0. The van der Waals surface area contributed by atoms with Crippen molar-refractivity contribution in [1.82, 2.24) is 10.2 Å². The second-order valence-electron chi connectivity index (χ2n) is 7.24. The lowest BCUT2D eigenvalue weighted by atomic mass is 9.78. The summed E-state index contributed by atoms with van der Waals surface area (Å²) in [5.74, 6) is -0.470. The van der Waals surface area contributed by atoms with Crippen LogP contribution in [0.15, 0.2) is 24.3 Å². The summed E-state index contributed by atoms with van der Waals surface area (Å²) in [5.41, 5.74) is 0.952. The average Bonchev–Trinajstić information content (AvgIpc) is 2.87. The molecule has 0 saturated heterocycles. The highest BCUT2D eigenvalue weighted by molar-refractivity contribution is 6.21. The Bertz CT molecular complexity index is 650. The number of imide groups is 1. The van der Waals surface area contributed by atoms with Gasteiger partial charge in [-0.25, -0.2) is 0 Å². The minimum absolute atomic E-state index is 0.0417. The minimum atomic E-state index is -0.229. The highest BCUT2D eigenvalue weighted by atomic mass is 16.2. The van der Waals surface area contributed by atoms with Gasteiger partial charge in [0, 0.05) is 18.5 Å². The van der Waals surface area contributed by atoms with E-state index in [1.165, 1.54) is 4.90 Å². The first-order valence-electron chi connectivity index (χ1n) is 9.28. The Kier molecular flexibility index (Phi) is 5.21. The molecule has 0 radical (unpaired) electrons. The van der Waals surface area contributed by atoms with Crippen molar-refractivity contribution >= 4 is 17.7 Å². The molecule has 1 aliphatic heterocycles.